The Kier molecular flexibility index (Phi) is 7.66. The molecule has 0 aliphatic carbocycles. The molecule has 2 amide bonds. The Balaban J connectivity index is 1.96. The van der Waals surface area contributed by atoms with Crippen molar-refractivity contribution in [3.05, 3.63) is 76.4 Å². The SMILES string of the molecule is CCOCCCN1C(=O)C(c2ccc(Cl)cc2)=C(N(CC)Cc2ccccc2)C1=O. The summed E-state index contributed by atoms with van der Waals surface area (Å²) in [5, 5.41) is 0.586. The minimum absolute atomic E-state index is 0.251. The maximum Gasteiger partial charge on any atom is 0.277 e. The van der Waals surface area contributed by atoms with Crippen molar-refractivity contribution in [2.45, 2.75) is 26.8 Å². The fourth-order valence-corrected chi connectivity index (χ4v) is 3.68. The average molecular weight is 427 g/mol. The molecule has 1 aliphatic rings. The highest BCUT2D eigenvalue weighted by atomic mass is 35.5. The Morgan fingerprint density at radius 3 is 2.30 bits per heavy atom. The van der Waals surface area contributed by atoms with Crippen molar-refractivity contribution in [3.63, 3.8) is 0 Å². The third-order valence-corrected chi connectivity index (χ3v) is 5.32. The smallest absolute Gasteiger partial charge is 0.277 e. The lowest BCUT2D eigenvalue weighted by Crippen LogP contribution is -2.36. The van der Waals surface area contributed by atoms with Crippen LogP contribution in [0.25, 0.3) is 5.57 Å². The van der Waals surface area contributed by atoms with Crippen LogP contribution in [0.5, 0.6) is 0 Å². The van der Waals surface area contributed by atoms with Crippen LogP contribution in [0.3, 0.4) is 0 Å². The van der Waals surface area contributed by atoms with Gasteiger partial charge in [-0.15, -0.1) is 0 Å². The van der Waals surface area contributed by atoms with E-state index in [0.717, 1.165) is 5.56 Å². The summed E-state index contributed by atoms with van der Waals surface area (Å²) in [6, 6.07) is 17.0. The minimum atomic E-state index is -0.264. The van der Waals surface area contributed by atoms with E-state index < -0.39 is 0 Å². The summed E-state index contributed by atoms with van der Waals surface area (Å²) >= 11 is 6.04. The number of carbonyl (C=O) groups is 2. The lowest BCUT2D eigenvalue weighted by Gasteiger charge is -2.25. The van der Waals surface area contributed by atoms with Crippen molar-refractivity contribution in [1.29, 1.82) is 0 Å². The molecular formula is C24H27ClN2O3. The van der Waals surface area contributed by atoms with Crippen molar-refractivity contribution in [1.82, 2.24) is 9.80 Å². The number of ether oxygens (including phenoxy) is 1. The highest BCUT2D eigenvalue weighted by molar-refractivity contribution is 6.36. The van der Waals surface area contributed by atoms with Crippen LogP contribution in [-0.2, 0) is 20.9 Å². The zero-order valence-electron chi connectivity index (χ0n) is 17.4. The van der Waals surface area contributed by atoms with Gasteiger partial charge in [-0.1, -0.05) is 54.1 Å². The molecule has 0 saturated heterocycles. The second-order valence-electron chi connectivity index (χ2n) is 7.04. The van der Waals surface area contributed by atoms with Gasteiger partial charge in [0.25, 0.3) is 11.8 Å². The van der Waals surface area contributed by atoms with Crippen molar-refractivity contribution >= 4 is 29.0 Å². The van der Waals surface area contributed by atoms with Crippen LogP contribution in [0.2, 0.25) is 5.02 Å². The van der Waals surface area contributed by atoms with Crippen molar-refractivity contribution in [2.24, 2.45) is 0 Å². The van der Waals surface area contributed by atoms with Crippen LogP contribution in [-0.4, -0.2) is 47.9 Å². The first-order valence-corrected chi connectivity index (χ1v) is 10.7. The van der Waals surface area contributed by atoms with E-state index in [9.17, 15) is 9.59 Å². The topological polar surface area (TPSA) is 49.9 Å². The van der Waals surface area contributed by atoms with Crippen LogP contribution >= 0.6 is 11.6 Å². The van der Waals surface area contributed by atoms with Gasteiger partial charge in [-0.2, -0.15) is 0 Å². The zero-order valence-corrected chi connectivity index (χ0v) is 18.2. The number of rotatable bonds is 10. The second kappa shape index (κ2) is 10.4. The Hall–Kier alpha value is -2.63. The molecule has 3 rings (SSSR count). The van der Waals surface area contributed by atoms with Crippen molar-refractivity contribution in [2.75, 3.05) is 26.3 Å². The number of imide groups is 1. The molecule has 0 radical (unpaired) electrons. The average Bonchev–Trinajstić information content (AvgIpc) is 3.01. The molecule has 0 fully saturated rings. The molecule has 2 aromatic carbocycles. The van der Waals surface area contributed by atoms with Gasteiger partial charge < -0.3 is 9.64 Å². The quantitative estimate of drug-likeness (QED) is 0.418. The largest absolute Gasteiger partial charge is 0.382 e. The molecule has 1 aliphatic heterocycles. The van der Waals surface area contributed by atoms with Gasteiger partial charge in [0.15, 0.2) is 0 Å². The van der Waals surface area contributed by atoms with Gasteiger partial charge in [-0.3, -0.25) is 14.5 Å². The Morgan fingerprint density at radius 2 is 1.67 bits per heavy atom. The summed E-state index contributed by atoms with van der Waals surface area (Å²) in [7, 11) is 0. The first-order valence-electron chi connectivity index (χ1n) is 10.3. The molecule has 1 heterocycles. The molecule has 158 valence electrons. The van der Waals surface area contributed by atoms with Gasteiger partial charge in [-0.05, 0) is 43.5 Å². The number of benzene rings is 2. The molecule has 0 spiro atoms. The van der Waals surface area contributed by atoms with E-state index in [-0.39, 0.29) is 11.8 Å². The maximum absolute atomic E-state index is 13.4. The lowest BCUT2D eigenvalue weighted by atomic mass is 10.0. The maximum atomic E-state index is 13.4. The number of nitrogens with zero attached hydrogens (tertiary/aromatic N) is 2. The van der Waals surface area contributed by atoms with E-state index >= 15 is 0 Å². The number of halogens is 1. The number of likely N-dealkylation sites (N-methyl/N-ethyl adjacent to an activating group) is 1. The predicted molar refractivity (Wildman–Crippen MR) is 119 cm³/mol. The highest BCUT2D eigenvalue weighted by Gasteiger charge is 2.40. The highest BCUT2D eigenvalue weighted by Crippen LogP contribution is 2.33. The number of amides is 2. The van der Waals surface area contributed by atoms with Crippen LogP contribution in [0, 0.1) is 0 Å². The van der Waals surface area contributed by atoms with E-state index in [0.29, 0.717) is 61.1 Å². The second-order valence-corrected chi connectivity index (χ2v) is 7.48. The molecule has 6 heteroatoms. The van der Waals surface area contributed by atoms with E-state index in [4.69, 9.17) is 16.3 Å². The third kappa shape index (κ3) is 4.91. The lowest BCUT2D eigenvalue weighted by molar-refractivity contribution is -0.137. The van der Waals surface area contributed by atoms with E-state index in [1.807, 2.05) is 49.1 Å². The van der Waals surface area contributed by atoms with E-state index in [1.165, 1.54) is 4.90 Å². The first-order chi connectivity index (χ1) is 14.6. The number of hydrogen-bond acceptors (Lipinski definition) is 4. The van der Waals surface area contributed by atoms with Gasteiger partial charge in [0.2, 0.25) is 0 Å². The van der Waals surface area contributed by atoms with Crippen molar-refractivity contribution in [3.8, 4) is 0 Å². The first kappa shape index (κ1) is 22.1. The molecule has 0 unspecified atom stereocenters. The Labute approximate surface area is 182 Å². The van der Waals surface area contributed by atoms with Gasteiger partial charge in [0.05, 0.1) is 5.57 Å². The van der Waals surface area contributed by atoms with Gasteiger partial charge in [-0.25, -0.2) is 0 Å². The zero-order chi connectivity index (χ0) is 21.5. The van der Waals surface area contributed by atoms with Crippen molar-refractivity contribution < 1.29 is 14.3 Å². The Morgan fingerprint density at radius 1 is 0.967 bits per heavy atom. The molecule has 30 heavy (non-hydrogen) atoms. The molecule has 0 aromatic heterocycles. The summed E-state index contributed by atoms with van der Waals surface area (Å²) in [5.74, 6) is -0.514. The molecular weight excluding hydrogens is 400 g/mol. The van der Waals surface area contributed by atoms with E-state index in [2.05, 4.69) is 0 Å². The summed E-state index contributed by atoms with van der Waals surface area (Å²) < 4.78 is 5.37. The summed E-state index contributed by atoms with van der Waals surface area (Å²) in [4.78, 5) is 30.0. The molecule has 0 N–H and O–H groups in total. The van der Waals surface area contributed by atoms with Gasteiger partial charge >= 0.3 is 0 Å². The molecule has 0 atom stereocenters. The molecule has 0 bridgehead atoms. The standard InChI is InChI=1S/C24H27ClN2O3/c1-3-26(17-18-9-6-5-7-10-18)22-21(19-11-13-20(25)14-12-19)23(28)27(24(22)29)15-8-16-30-4-2/h5-7,9-14H,3-4,8,15-17H2,1-2H3. The monoisotopic (exact) mass is 426 g/mol. The van der Waals surface area contributed by atoms with Crippen LogP contribution in [0.15, 0.2) is 60.3 Å². The van der Waals surface area contributed by atoms with Crippen LogP contribution in [0.1, 0.15) is 31.4 Å². The fourth-order valence-electron chi connectivity index (χ4n) is 3.56. The summed E-state index contributed by atoms with van der Waals surface area (Å²) in [6.07, 6.45) is 0.608. The Bertz CT molecular complexity index is 910. The summed E-state index contributed by atoms with van der Waals surface area (Å²) in [6.45, 7) is 6.53. The summed E-state index contributed by atoms with van der Waals surface area (Å²) in [5.41, 5.74) is 2.67. The third-order valence-electron chi connectivity index (χ3n) is 5.07. The normalized spacial score (nSPS) is 14.0. The van der Waals surface area contributed by atoms with E-state index in [1.54, 1.807) is 24.3 Å². The molecule has 2 aromatic rings. The number of carbonyl (C=O) groups excluding carboxylic acids is 2. The van der Waals surface area contributed by atoms with Crippen LogP contribution < -0.4 is 0 Å². The fraction of sp³-hybridized carbons (Fsp3) is 0.333. The minimum Gasteiger partial charge on any atom is -0.382 e. The number of hydrogen-bond donors (Lipinski definition) is 0. The molecule has 5 nitrogen and oxygen atoms in total. The van der Waals surface area contributed by atoms with Gasteiger partial charge in [0, 0.05) is 37.9 Å². The van der Waals surface area contributed by atoms with Gasteiger partial charge in [0.1, 0.15) is 5.70 Å². The molecule has 0 saturated carbocycles. The predicted octanol–water partition coefficient (Wildman–Crippen LogP) is 4.37. The van der Waals surface area contributed by atoms with Crippen LogP contribution in [0.4, 0.5) is 0 Å².